The summed E-state index contributed by atoms with van der Waals surface area (Å²) in [5.74, 6) is 1.53. The van der Waals surface area contributed by atoms with Crippen LogP contribution in [0.4, 0.5) is 5.13 Å². The molecular formula is C12H19N3S. The largest absolute Gasteiger partial charge is 0.347 e. The van der Waals surface area contributed by atoms with Crippen LogP contribution in [0.2, 0.25) is 0 Å². The highest BCUT2D eigenvalue weighted by molar-refractivity contribution is 7.15. The molecule has 2 aliphatic rings. The molecule has 1 aliphatic carbocycles. The Morgan fingerprint density at radius 3 is 2.75 bits per heavy atom. The number of thiazole rings is 1. The van der Waals surface area contributed by atoms with Gasteiger partial charge in [0.05, 0.1) is 5.69 Å². The van der Waals surface area contributed by atoms with Crippen LogP contribution in [0.5, 0.6) is 0 Å². The zero-order chi connectivity index (χ0) is 11.3. The maximum atomic E-state index is 6.15. The predicted octanol–water partition coefficient (Wildman–Crippen LogP) is 1.93. The summed E-state index contributed by atoms with van der Waals surface area (Å²) in [4.78, 5) is 8.44. The third kappa shape index (κ3) is 1.55. The van der Waals surface area contributed by atoms with E-state index in [1.165, 1.54) is 35.1 Å². The van der Waals surface area contributed by atoms with Crippen molar-refractivity contribution < 1.29 is 0 Å². The molecule has 1 aliphatic heterocycles. The van der Waals surface area contributed by atoms with Crippen LogP contribution in [0.15, 0.2) is 0 Å². The average Bonchev–Trinajstić information content (AvgIpc) is 2.87. The Balaban J connectivity index is 1.79. The number of anilines is 1. The van der Waals surface area contributed by atoms with E-state index in [1.54, 1.807) is 0 Å². The third-order valence-electron chi connectivity index (χ3n) is 4.20. The molecule has 0 spiro atoms. The second kappa shape index (κ2) is 3.70. The Morgan fingerprint density at radius 2 is 2.12 bits per heavy atom. The van der Waals surface area contributed by atoms with Gasteiger partial charge in [-0.05, 0) is 38.5 Å². The van der Waals surface area contributed by atoms with Gasteiger partial charge < -0.3 is 10.6 Å². The molecule has 1 saturated carbocycles. The number of nitrogens with two attached hydrogens (primary N) is 1. The van der Waals surface area contributed by atoms with E-state index < -0.39 is 0 Å². The minimum absolute atomic E-state index is 0.428. The van der Waals surface area contributed by atoms with Gasteiger partial charge in [-0.1, -0.05) is 0 Å². The lowest BCUT2D eigenvalue weighted by Crippen LogP contribution is -2.30. The highest BCUT2D eigenvalue weighted by Gasteiger charge is 2.41. The molecule has 88 valence electrons. The van der Waals surface area contributed by atoms with Gasteiger partial charge in [-0.15, -0.1) is 11.3 Å². The van der Waals surface area contributed by atoms with Crippen molar-refractivity contribution in [3.05, 3.63) is 10.6 Å². The highest BCUT2D eigenvalue weighted by atomic mass is 32.1. The molecule has 16 heavy (non-hydrogen) atoms. The van der Waals surface area contributed by atoms with Crippen LogP contribution in [-0.4, -0.2) is 24.1 Å². The van der Waals surface area contributed by atoms with Crippen LogP contribution in [0.3, 0.4) is 0 Å². The number of rotatable bonds is 1. The first kappa shape index (κ1) is 10.5. The fraction of sp³-hybridized carbons (Fsp3) is 0.750. The third-order valence-corrected chi connectivity index (χ3v) is 5.33. The van der Waals surface area contributed by atoms with Gasteiger partial charge in [-0.3, -0.25) is 0 Å². The molecule has 0 radical (unpaired) electrons. The summed E-state index contributed by atoms with van der Waals surface area (Å²) < 4.78 is 0. The van der Waals surface area contributed by atoms with Crippen molar-refractivity contribution in [2.75, 3.05) is 18.0 Å². The summed E-state index contributed by atoms with van der Waals surface area (Å²) in [5, 5.41) is 1.21. The molecule has 3 nitrogen and oxygen atoms in total. The fourth-order valence-electron chi connectivity index (χ4n) is 3.05. The fourth-order valence-corrected chi connectivity index (χ4v) is 3.98. The first-order chi connectivity index (χ1) is 7.65. The Labute approximate surface area is 101 Å². The predicted molar refractivity (Wildman–Crippen MR) is 68.0 cm³/mol. The van der Waals surface area contributed by atoms with Gasteiger partial charge in [0.25, 0.3) is 0 Å². The molecule has 3 unspecified atom stereocenters. The number of aromatic nitrogens is 1. The maximum Gasteiger partial charge on any atom is 0.185 e. The second-order valence-electron chi connectivity index (χ2n) is 5.21. The first-order valence-corrected chi connectivity index (χ1v) is 6.91. The van der Waals surface area contributed by atoms with Gasteiger partial charge in [-0.2, -0.15) is 0 Å². The molecule has 2 heterocycles. The number of fused-ring (bicyclic) bond motifs is 1. The van der Waals surface area contributed by atoms with Crippen molar-refractivity contribution in [3.63, 3.8) is 0 Å². The number of hydrogen-bond acceptors (Lipinski definition) is 4. The molecule has 1 saturated heterocycles. The average molecular weight is 237 g/mol. The van der Waals surface area contributed by atoms with Crippen LogP contribution < -0.4 is 10.6 Å². The van der Waals surface area contributed by atoms with Crippen LogP contribution in [0.25, 0.3) is 0 Å². The van der Waals surface area contributed by atoms with Crippen LogP contribution in [0.1, 0.15) is 23.4 Å². The topological polar surface area (TPSA) is 42.2 Å². The summed E-state index contributed by atoms with van der Waals surface area (Å²) in [5.41, 5.74) is 7.33. The van der Waals surface area contributed by atoms with E-state index in [0.717, 1.165) is 12.5 Å². The van der Waals surface area contributed by atoms with E-state index in [4.69, 9.17) is 5.73 Å². The van der Waals surface area contributed by atoms with Crippen molar-refractivity contribution in [2.24, 2.45) is 17.6 Å². The monoisotopic (exact) mass is 237 g/mol. The zero-order valence-corrected chi connectivity index (χ0v) is 10.8. The Hall–Kier alpha value is -0.610. The van der Waals surface area contributed by atoms with E-state index in [-0.39, 0.29) is 0 Å². The van der Waals surface area contributed by atoms with Crippen LogP contribution in [0, 0.1) is 25.7 Å². The molecule has 2 fully saturated rings. The smallest absolute Gasteiger partial charge is 0.185 e. The summed E-state index contributed by atoms with van der Waals surface area (Å²) in [6.45, 7) is 6.54. The quantitative estimate of drug-likeness (QED) is 0.811. The van der Waals surface area contributed by atoms with Crippen molar-refractivity contribution in [2.45, 2.75) is 32.7 Å². The van der Waals surface area contributed by atoms with Crippen molar-refractivity contribution >= 4 is 16.5 Å². The Bertz CT molecular complexity index is 381. The molecule has 3 atom stereocenters. The molecule has 2 N–H and O–H groups in total. The molecule has 1 aromatic rings. The highest BCUT2D eigenvalue weighted by Crippen LogP contribution is 2.40. The lowest BCUT2D eigenvalue weighted by Gasteiger charge is -2.17. The van der Waals surface area contributed by atoms with E-state index >= 15 is 0 Å². The number of hydrogen-bond donors (Lipinski definition) is 1. The summed E-state index contributed by atoms with van der Waals surface area (Å²) >= 11 is 1.83. The van der Waals surface area contributed by atoms with Crippen molar-refractivity contribution in [1.82, 2.24) is 4.98 Å². The lowest BCUT2D eigenvalue weighted by atomic mass is 9.98. The number of aryl methyl sites for hydroxylation is 2. The van der Waals surface area contributed by atoms with Crippen LogP contribution in [-0.2, 0) is 0 Å². The zero-order valence-electron chi connectivity index (χ0n) is 9.94. The molecule has 0 aromatic carbocycles. The van der Waals surface area contributed by atoms with Gasteiger partial charge in [0.15, 0.2) is 5.13 Å². The van der Waals surface area contributed by atoms with Gasteiger partial charge >= 0.3 is 0 Å². The minimum atomic E-state index is 0.428. The maximum absolute atomic E-state index is 6.15. The molecule has 3 rings (SSSR count). The minimum Gasteiger partial charge on any atom is -0.347 e. The van der Waals surface area contributed by atoms with E-state index in [2.05, 4.69) is 23.7 Å². The lowest BCUT2D eigenvalue weighted by molar-refractivity contribution is 0.453. The Morgan fingerprint density at radius 1 is 1.31 bits per heavy atom. The van der Waals surface area contributed by atoms with E-state index in [0.29, 0.717) is 12.0 Å². The summed E-state index contributed by atoms with van der Waals surface area (Å²) in [7, 11) is 0. The van der Waals surface area contributed by atoms with Gasteiger partial charge in [0, 0.05) is 24.0 Å². The summed E-state index contributed by atoms with van der Waals surface area (Å²) in [6.07, 6.45) is 2.53. The van der Waals surface area contributed by atoms with E-state index in [1.807, 2.05) is 11.3 Å². The molecular weight excluding hydrogens is 218 g/mol. The van der Waals surface area contributed by atoms with E-state index in [9.17, 15) is 0 Å². The molecule has 1 aromatic heterocycles. The first-order valence-electron chi connectivity index (χ1n) is 6.09. The normalized spacial score (nSPS) is 33.4. The Kier molecular flexibility index (Phi) is 2.44. The van der Waals surface area contributed by atoms with Crippen molar-refractivity contribution in [1.29, 1.82) is 0 Å². The van der Waals surface area contributed by atoms with Crippen molar-refractivity contribution in [3.8, 4) is 0 Å². The number of nitrogens with zero attached hydrogens (tertiary/aromatic N) is 2. The van der Waals surface area contributed by atoms with Gasteiger partial charge in [0.1, 0.15) is 0 Å². The molecule has 0 amide bonds. The van der Waals surface area contributed by atoms with Gasteiger partial charge in [-0.25, -0.2) is 4.98 Å². The second-order valence-corrected chi connectivity index (χ2v) is 6.39. The standard InChI is InChI=1S/C12H19N3S/c1-7-8(2)16-12(14-7)15-5-9-3-4-11(13)10(9)6-15/h9-11H,3-6,13H2,1-2H3. The molecule has 4 heteroatoms. The van der Waals surface area contributed by atoms with Crippen LogP contribution >= 0.6 is 11.3 Å². The van der Waals surface area contributed by atoms with Gasteiger partial charge in [0.2, 0.25) is 0 Å². The SMILES string of the molecule is Cc1nc(N2CC3CCC(N)C3C2)sc1C. The summed E-state index contributed by atoms with van der Waals surface area (Å²) in [6, 6.07) is 0.428. The molecule has 0 bridgehead atoms.